The molecule has 0 aliphatic rings. The highest BCUT2D eigenvalue weighted by molar-refractivity contribution is 7.93. The van der Waals surface area contributed by atoms with Gasteiger partial charge in [0.25, 0.3) is 10.0 Å². The van der Waals surface area contributed by atoms with Crippen molar-refractivity contribution < 1.29 is 22.7 Å². The Kier molecular flexibility index (Phi) is 7.37. The average Bonchev–Trinajstić information content (AvgIpc) is 2.87. The molecule has 0 radical (unpaired) electrons. The second kappa shape index (κ2) is 10.5. The van der Waals surface area contributed by atoms with E-state index in [0.29, 0.717) is 11.4 Å². The van der Waals surface area contributed by atoms with E-state index in [1.807, 2.05) is 36.4 Å². The molecule has 36 heavy (non-hydrogen) atoms. The number of amides is 1. The lowest BCUT2D eigenvalue weighted by molar-refractivity contribution is -0.114. The van der Waals surface area contributed by atoms with Gasteiger partial charge < -0.3 is 14.8 Å². The van der Waals surface area contributed by atoms with Gasteiger partial charge in [-0.2, -0.15) is 0 Å². The second-order valence-electron chi connectivity index (χ2n) is 8.06. The standard InChI is InChI=1S/C27H25ClN2O5S/c1-18-11-13-25(35-3)26(15-18)36(32,33)30(20-12-14-24(34-2)22(28)16-20)17-27(31)29-23-10-6-8-19-7-4-5-9-21(19)23/h4-16H,17H2,1-3H3,(H,29,31). The molecular weight excluding hydrogens is 500 g/mol. The van der Waals surface area contributed by atoms with Crippen molar-refractivity contribution in [3.63, 3.8) is 0 Å². The summed E-state index contributed by atoms with van der Waals surface area (Å²) >= 11 is 6.31. The maximum Gasteiger partial charge on any atom is 0.268 e. The second-order valence-corrected chi connectivity index (χ2v) is 10.3. The van der Waals surface area contributed by atoms with Crippen LogP contribution in [0.5, 0.6) is 11.5 Å². The van der Waals surface area contributed by atoms with Gasteiger partial charge in [0.15, 0.2) is 0 Å². The lowest BCUT2D eigenvalue weighted by Crippen LogP contribution is -2.38. The molecular formula is C27H25ClN2O5S. The van der Waals surface area contributed by atoms with Gasteiger partial charge in [0, 0.05) is 11.1 Å². The molecule has 0 aliphatic heterocycles. The van der Waals surface area contributed by atoms with Crippen molar-refractivity contribution in [3.05, 3.63) is 89.4 Å². The van der Waals surface area contributed by atoms with Gasteiger partial charge in [0.1, 0.15) is 22.9 Å². The summed E-state index contributed by atoms with van der Waals surface area (Å²) in [7, 11) is -1.38. The third-order valence-electron chi connectivity index (χ3n) is 5.66. The lowest BCUT2D eigenvalue weighted by atomic mass is 10.1. The van der Waals surface area contributed by atoms with Crippen molar-refractivity contribution in [1.29, 1.82) is 0 Å². The third kappa shape index (κ3) is 5.10. The Hall–Kier alpha value is -3.75. The van der Waals surface area contributed by atoms with E-state index in [2.05, 4.69) is 5.32 Å². The summed E-state index contributed by atoms with van der Waals surface area (Å²) in [6.45, 7) is 1.28. The fourth-order valence-corrected chi connectivity index (χ4v) is 5.79. The highest BCUT2D eigenvalue weighted by Gasteiger charge is 2.31. The van der Waals surface area contributed by atoms with Gasteiger partial charge in [-0.1, -0.05) is 54.1 Å². The fraction of sp³-hybridized carbons (Fsp3) is 0.148. The van der Waals surface area contributed by atoms with Crippen molar-refractivity contribution in [1.82, 2.24) is 0 Å². The van der Waals surface area contributed by atoms with E-state index in [-0.39, 0.29) is 21.4 Å². The van der Waals surface area contributed by atoms with E-state index in [1.54, 1.807) is 31.2 Å². The number of carbonyl (C=O) groups is 1. The predicted octanol–water partition coefficient (Wildman–Crippen LogP) is 5.65. The van der Waals surface area contributed by atoms with Crippen LogP contribution >= 0.6 is 11.6 Å². The molecule has 0 bridgehead atoms. The quantitative estimate of drug-likeness (QED) is 0.322. The van der Waals surface area contributed by atoms with Gasteiger partial charge in [-0.15, -0.1) is 0 Å². The largest absolute Gasteiger partial charge is 0.495 e. The predicted molar refractivity (Wildman–Crippen MR) is 143 cm³/mol. The van der Waals surface area contributed by atoms with E-state index in [1.165, 1.54) is 32.4 Å². The Morgan fingerprint density at radius 3 is 2.33 bits per heavy atom. The van der Waals surface area contributed by atoms with Crippen molar-refractivity contribution >= 4 is 49.7 Å². The summed E-state index contributed by atoms with van der Waals surface area (Å²) in [5.74, 6) is 0.0271. The minimum atomic E-state index is -4.24. The van der Waals surface area contributed by atoms with Crippen molar-refractivity contribution in [2.75, 3.05) is 30.4 Å². The summed E-state index contributed by atoms with van der Waals surface area (Å²) in [5, 5.41) is 4.85. The van der Waals surface area contributed by atoms with Crippen molar-refractivity contribution in [3.8, 4) is 11.5 Å². The average molecular weight is 525 g/mol. The number of anilines is 2. The minimum Gasteiger partial charge on any atom is -0.495 e. The first-order chi connectivity index (χ1) is 17.2. The number of aryl methyl sites for hydroxylation is 1. The monoisotopic (exact) mass is 524 g/mol. The Morgan fingerprint density at radius 1 is 0.917 bits per heavy atom. The number of fused-ring (bicyclic) bond motifs is 1. The zero-order valence-corrected chi connectivity index (χ0v) is 21.6. The van der Waals surface area contributed by atoms with Crippen molar-refractivity contribution in [2.24, 2.45) is 0 Å². The molecule has 0 aliphatic carbocycles. The lowest BCUT2D eigenvalue weighted by Gasteiger charge is -2.25. The Balaban J connectivity index is 1.76. The van der Waals surface area contributed by atoms with E-state index in [9.17, 15) is 13.2 Å². The van der Waals surface area contributed by atoms with E-state index in [0.717, 1.165) is 20.6 Å². The van der Waals surface area contributed by atoms with Crippen molar-refractivity contribution in [2.45, 2.75) is 11.8 Å². The van der Waals surface area contributed by atoms with Gasteiger partial charge in [-0.25, -0.2) is 8.42 Å². The van der Waals surface area contributed by atoms with Crippen LogP contribution in [0.3, 0.4) is 0 Å². The Bertz CT molecular complexity index is 1530. The number of carbonyl (C=O) groups excluding carboxylic acids is 1. The molecule has 0 aromatic heterocycles. The summed E-state index contributed by atoms with van der Waals surface area (Å²) in [5.41, 5.74) is 1.51. The van der Waals surface area contributed by atoms with E-state index < -0.39 is 22.5 Å². The number of rotatable bonds is 8. The first kappa shape index (κ1) is 25.3. The van der Waals surface area contributed by atoms with Gasteiger partial charge in [0.2, 0.25) is 5.91 Å². The van der Waals surface area contributed by atoms with Gasteiger partial charge in [0.05, 0.1) is 24.9 Å². The topological polar surface area (TPSA) is 84.9 Å². The van der Waals surface area contributed by atoms with Crippen LogP contribution in [-0.4, -0.2) is 35.1 Å². The van der Waals surface area contributed by atoms with Crippen LogP contribution in [0.25, 0.3) is 10.8 Å². The molecule has 0 saturated heterocycles. The molecule has 9 heteroatoms. The highest BCUT2D eigenvalue weighted by Crippen LogP contribution is 2.35. The third-order valence-corrected chi connectivity index (χ3v) is 7.75. The normalized spacial score (nSPS) is 11.2. The van der Waals surface area contributed by atoms with Crippen LogP contribution in [0.1, 0.15) is 5.56 Å². The maximum atomic E-state index is 13.9. The fourth-order valence-electron chi connectivity index (χ4n) is 3.88. The highest BCUT2D eigenvalue weighted by atomic mass is 35.5. The maximum absolute atomic E-state index is 13.9. The van der Waals surface area contributed by atoms with E-state index in [4.69, 9.17) is 21.1 Å². The summed E-state index contributed by atoms with van der Waals surface area (Å²) < 4.78 is 39.4. The van der Waals surface area contributed by atoms with Crippen LogP contribution in [-0.2, 0) is 14.8 Å². The Morgan fingerprint density at radius 2 is 1.61 bits per heavy atom. The van der Waals surface area contributed by atoms with Crippen LogP contribution < -0.4 is 19.1 Å². The molecule has 1 amide bonds. The minimum absolute atomic E-state index is 0.0603. The number of sulfonamides is 1. The van der Waals surface area contributed by atoms with Crippen LogP contribution in [0.15, 0.2) is 83.8 Å². The molecule has 0 heterocycles. The molecule has 4 aromatic rings. The number of nitrogens with one attached hydrogen (secondary N) is 1. The molecule has 0 spiro atoms. The first-order valence-corrected chi connectivity index (χ1v) is 12.8. The molecule has 7 nitrogen and oxygen atoms in total. The summed E-state index contributed by atoms with van der Waals surface area (Å²) in [6.07, 6.45) is 0. The van der Waals surface area contributed by atoms with E-state index >= 15 is 0 Å². The number of nitrogens with zero attached hydrogens (tertiary/aromatic N) is 1. The molecule has 0 fully saturated rings. The zero-order chi connectivity index (χ0) is 25.9. The number of hydrogen-bond acceptors (Lipinski definition) is 5. The smallest absolute Gasteiger partial charge is 0.268 e. The Labute approximate surface area is 215 Å². The van der Waals surface area contributed by atoms with Gasteiger partial charge >= 0.3 is 0 Å². The van der Waals surface area contributed by atoms with Crippen LogP contribution in [0, 0.1) is 6.92 Å². The number of halogens is 1. The van der Waals surface area contributed by atoms with Gasteiger partial charge in [-0.05, 0) is 54.3 Å². The molecule has 0 saturated carbocycles. The summed E-state index contributed by atoms with van der Waals surface area (Å²) in [6, 6.07) is 22.5. The molecule has 186 valence electrons. The number of methoxy groups -OCH3 is 2. The number of benzene rings is 4. The van der Waals surface area contributed by atoms with Crippen LogP contribution in [0.2, 0.25) is 5.02 Å². The molecule has 4 rings (SSSR count). The molecule has 0 atom stereocenters. The number of ether oxygens (including phenoxy) is 2. The van der Waals surface area contributed by atoms with Gasteiger partial charge in [-0.3, -0.25) is 9.10 Å². The summed E-state index contributed by atoms with van der Waals surface area (Å²) in [4.78, 5) is 13.2. The first-order valence-electron chi connectivity index (χ1n) is 11.0. The number of hydrogen-bond donors (Lipinski definition) is 1. The zero-order valence-electron chi connectivity index (χ0n) is 20.0. The SMILES string of the molecule is COc1ccc(N(CC(=O)Nc2cccc3ccccc23)S(=O)(=O)c2cc(C)ccc2OC)cc1Cl. The molecule has 0 unspecified atom stereocenters. The molecule has 1 N–H and O–H groups in total. The van der Waals surface area contributed by atoms with Crippen LogP contribution in [0.4, 0.5) is 11.4 Å². The molecule has 4 aromatic carbocycles.